The van der Waals surface area contributed by atoms with Gasteiger partial charge in [-0.3, -0.25) is 19.6 Å². The number of hydrogen-bond donors (Lipinski definition) is 2. The molecule has 9 nitrogen and oxygen atoms in total. The summed E-state index contributed by atoms with van der Waals surface area (Å²) < 4.78 is 33.2. The van der Waals surface area contributed by atoms with Gasteiger partial charge in [0, 0.05) is 17.8 Å². The van der Waals surface area contributed by atoms with Crippen LogP contribution in [0.5, 0.6) is 11.5 Å². The van der Waals surface area contributed by atoms with Crippen molar-refractivity contribution in [1.29, 1.82) is 0 Å². The van der Waals surface area contributed by atoms with Gasteiger partial charge in [-0.25, -0.2) is 8.42 Å². The topological polar surface area (TPSA) is 128 Å². The summed E-state index contributed by atoms with van der Waals surface area (Å²) in [5.74, 6) is 0.311. The zero-order valence-electron chi connectivity index (χ0n) is 14.7. The van der Waals surface area contributed by atoms with Crippen LogP contribution in [0.25, 0.3) is 0 Å². The van der Waals surface area contributed by atoms with Crippen LogP contribution in [-0.4, -0.2) is 19.2 Å². The lowest BCUT2D eigenvalue weighted by Crippen LogP contribution is -2.14. The molecule has 1 amide bonds. The maximum Gasteiger partial charge on any atom is 0.269 e. The zero-order valence-corrected chi connectivity index (χ0v) is 15.5. The molecule has 0 atom stereocenters. The summed E-state index contributed by atoms with van der Waals surface area (Å²) in [6, 6.07) is 15.7. The van der Waals surface area contributed by atoms with Gasteiger partial charge >= 0.3 is 0 Å². The molecule has 29 heavy (non-hydrogen) atoms. The molecule has 4 rings (SSSR count). The van der Waals surface area contributed by atoms with Crippen molar-refractivity contribution in [3.8, 4) is 11.5 Å². The number of nitro groups is 1. The third kappa shape index (κ3) is 3.60. The minimum absolute atomic E-state index is 0.145. The number of rotatable bonds is 4. The molecule has 0 unspecified atom stereocenters. The van der Waals surface area contributed by atoms with E-state index in [2.05, 4.69) is 10.0 Å². The molecule has 1 aliphatic heterocycles. The Morgan fingerprint density at radius 3 is 2.41 bits per heavy atom. The Morgan fingerprint density at radius 2 is 1.69 bits per heavy atom. The van der Waals surface area contributed by atoms with Crippen molar-refractivity contribution in [3.05, 3.63) is 82.4 Å². The Labute approximate surface area is 165 Å². The smallest absolute Gasteiger partial charge is 0.269 e. The van der Waals surface area contributed by atoms with Crippen LogP contribution in [0.2, 0.25) is 0 Å². The molecule has 0 saturated heterocycles. The average Bonchev–Trinajstić information content (AvgIpc) is 2.83. The molecular formula is C19H13N3O6S. The summed E-state index contributed by atoms with van der Waals surface area (Å²) >= 11 is 0. The average molecular weight is 411 g/mol. The van der Waals surface area contributed by atoms with E-state index in [1.165, 1.54) is 18.2 Å². The monoisotopic (exact) mass is 411 g/mol. The van der Waals surface area contributed by atoms with Crippen LogP contribution in [0, 0.1) is 10.1 Å². The maximum atomic E-state index is 12.6. The van der Waals surface area contributed by atoms with Crippen molar-refractivity contribution in [2.45, 2.75) is 4.90 Å². The molecule has 3 aromatic carbocycles. The molecule has 0 fully saturated rings. The second-order valence-corrected chi connectivity index (χ2v) is 7.80. The number of nitrogens with one attached hydrogen (secondary N) is 2. The van der Waals surface area contributed by atoms with Gasteiger partial charge in [-0.1, -0.05) is 12.1 Å². The number of nitro benzene ring substituents is 1. The summed E-state index contributed by atoms with van der Waals surface area (Å²) in [6.07, 6.45) is 0. The number of nitrogens with zero attached hydrogens (tertiary/aromatic N) is 1. The molecule has 1 aliphatic rings. The summed E-state index contributed by atoms with van der Waals surface area (Å²) in [7, 11) is -4.01. The summed E-state index contributed by atoms with van der Waals surface area (Å²) in [4.78, 5) is 22.5. The fourth-order valence-corrected chi connectivity index (χ4v) is 3.84. The van der Waals surface area contributed by atoms with E-state index >= 15 is 0 Å². The Kier molecular flexibility index (Phi) is 4.40. The van der Waals surface area contributed by atoms with Gasteiger partial charge in [0.25, 0.3) is 21.6 Å². The lowest BCUT2D eigenvalue weighted by atomic mass is 10.1. The first-order valence-corrected chi connectivity index (χ1v) is 9.81. The van der Waals surface area contributed by atoms with Crippen molar-refractivity contribution in [2.75, 3.05) is 10.0 Å². The van der Waals surface area contributed by atoms with Crippen LogP contribution in [0.3, 0.4) is 0 Å². The Balaban J connectivity index is 1.63. The molecule has 0 aromatic heterocycles. The molecule has 1 heterocycles. The molecule has 0 saturated carbocycles. The number of ether oxygens (including phenoxy) is 1. The highest BCUT2D eigenvalue weighted by Gasteiger charge is 2.22. The Hall–Kier alpha value is -3.92. The fraction of sp³-hybridized carbons (Fsp3) is 0. The van der Waals surface area contributed by atoms with E-state index < -0.39 is 20.9 Å². The van der Waals surface area contributed by atoms with Crippen LogP contribution in [0.1, 0.15) is 10.4 Å². The predicted molar refractivity (Wildman–Crippen MR) is 105 cm³/mol. The lowest BCUT2D eigenvalue weighted by Gasteiger charge is -2.11. The van der Waals surface area contributed by atoms with Crippen molar-refractivity contribution in [2.24, 2.45) is 0 Å². The van der Waals surface area contributed by atoms with E-state index in [4.69, 9.17) is 4.74 Å². The number of fused-ring (bicyclic) bond motifs is 2. The number of anilines is 2. The van der Waals surface area contributed by atoms with Crippen LogP contribution in [0.4, 0.5) is 17.1 Å². The second-order valence-electron chi connectivity index (χ2n) is 6.12. The van der Waals surface area contributed by atoms with Crippen LogP contribution < -0.4 is 14.8 Å². The zero-order chi connectivity index (χ0) is 20.6. The van der Waals surface area contributed by atoms with Gasteiger partial charge < -0.3 is 10.1 Å². The molecule has 3 aromatic rings. The largest absolute Gasteiger partial charge is 0.454 e. The summed E-state index contributed by atoms with van der Waals surface area (Å²) in [5, 5.41) is 13.4. The highest BCUT2D eigenvalue weighted by atomic mass is 32.2. The number of hydrogen-bond acceptors (Lipinski definition) is 6. The molecule has 0 aliphatic carbocycles. The quantitative estimate of drug-likeness (QED) is 0.497. The minimum Gasteiger partial charge on any atom is -0.454 e. The Bertz CT molecular complexity index is 1240. The van der Waals surface area contributed by atoms with Crippen molar-refractivity contribution >= 4 is 33.0 Å². The third-order valence-corrected chi connectivity index (χ3v) is 5.59. The van der Waals surface area contributed by atoms with Gasteiger partial charge in [0.05, 0.1) is 21.1 Å². The number of amides is 1. The van der Waals surface area contributed by atoms with Gasteiger partial charge in [-0.05, 0) is 42.5 Å². The summed E-state index contributed by atoms with van der Waals surface area (Å²) in [6.45, 7) is 0. The minimum atomic E-state index is -4.01. The third-order valence-electron chi connectivity index (χ3n) is 4.19. The number of sulfonamides is 1. The van der Waals surface area contributed by atoms with Gasteiger partial charge in [0.2, 0.25) is 0 Å². The van der Waals surface area contributed by atoms with Crippen LogP contribution in [-0.2, 0) is 10.0 Å². The number of non-ortho nitro benzene ring substituents is 1. The van der Waals surface area contributed by atoms with Crippen LogP contribution >= 0.6 is 0 Å². The maximum absolute atomic E-state index is 12.6. The van der Waals surface area contributed by atoms with E-state index in [1.54, 1.807) is 24.3 Å². The molecule has 2 N–H and O–H groups in total. The van der Waals surface area contributed by atoms with E-state index in [0.29, 0.717) is 11.4 Å². The van der Waals surface area contributed by atoms with Crippen LogP contribution in [0.15, 0.2) is 71.6 Å². The highest BCUT2D eigenvalue weighted by molar-refractivity contribution is 7.92. The first-order chi connectivity index (χ1) is 13.8. The van der Waals surface area contributed by atoms with E-state index in [9.17, 15) is 23.3 Å². The first-order valence-electron chi connectivity index (χ1n) is 8.33. The number of carbonyl (C=O) groups excluding carboxylic acids is 1. The SMILES string of the molecule is O=C1Nc2ccccc2Oc2ccc(NS(=O)(=O)c3ccc([N+](=O)[O-])cc3)cc21. The molecule has 0 bridgehead atoms. The van der Waals surface area contributed by atoms with E-state index in [0.717, 1.165) is 24.3 Å². The Morgan fingerprint density at radius 1 is 0.966 bits per heavy atom. The predicted octanol–water partition coefficient (Wildman–Crippen LogP) is 3.75. The highest BCUT2D eigenvalue weighted by Crippen LogP contribution is 2.36. The molecule has 146 valence electrons. The van der Waals surface area contributed by atoms with Crippen molar-refractivity contribution in [1.82, 2.24) is 0 Å². The molecule has 0 radical (unpaired) electrons. The van der Waals surface area contributed by atoms with Gasteiger partial charge in [-0.15, -0.1) is 0 Å². The molecule has 10 heteroatoms. The van der Waals surface area contributed by atoms with E-state index in [1.807, 2.05) is 0 Å². The first kappa shape index (κ1) is 18.4. The van der Waals surface area contributed by atoms with Gasteiger partial charge in [-0.2, -0.15) is 0 Å². The molecule has 0 spiro atoms. The molecular weight excluding hydrogens is 398 g/mol. The second kappa shape index (κ2) is 6.91. The number of benzene rings is 3. The lowest BCUT2D eigenvalue weighted by molar-refractivity contribution is -0.384. The van der Waals surface area contributed by atoms with Gasteiger partial charge in [0.15, 0.2) is 5.75 Å². The summed E-state index contributed by atoms with van der Waals surface area (Å²) in [5.41, 5.74) is 0.584. The normalized spacial score (nSPS) is 12.6. The standard InChI is InChI=1S/C19H13N3O6S/c23-19-15-11-12(5-10-17(15)28-18-4-2-1-3-16(18)20-19)21-29(26,27)14-8-6-13(7-9-14)22(24)25/h1-11,21H,(H,20,23). The number of carbonyl (C=O) groups is 1. The number of para-hydroxylation sites is 2. The van der Waals surface area contributed by atoms with Gasteiger partial charge in [0.1, 0.15) is 5.75 Å². The van der Waals surface area contributed by atoms with Crippen molar-refractivity contribution in [3.63, 3.8) is 0 Å². The van der Waals surface area contributed by atoms with E-state index in [-0.39, 0.29) is 27.6 Å². The van der Waals surface area contributed by atoms with Crippen molar-refractivity contribution < 1.29 is 22.9 Å². The fourth-order valence-electron chi connectivity index (χ4n) is 2.79.